The second-order valence-electron chi connectivity index (χ2n) is 4.45. The quantitative estimate of drug-likeness (QED) is 0.550. The van der Waals surface area contributed by atoms with E-state index in [0.29, 0.717) is 17.7 Å². The molecule has 1 aromatic rings. The van der Waals surface area contributed by atoms with E-state index < -0.39 is 10.5 Å². The molecule has 0 unspecified atom stereocenters. The van der Waals surface area contributed by atoms with Gasteiger partial charge in [0.25, 0.3) is 5.69 Å². The summed E-state index contributed by atoms with van der Waals surface area (Å²) in [6, 6.07) is 2.80. The van der Waals surface area contributed by atoms with Crippen LogP contribution in [0.2, 0.25) is 5.02 Å². The fourth-order valence-electron chi connectivity index (χ4n) is 1.67. The molecule has 0 saturated carbocycles. The molecule has 0 aliphatic heterocycles. The van der Waals surface area contributed by atoms with E-state index in [-0.39, 0.29) is 23.9 Å². The molecule has 106 valence electrons. The summed E-state index contributed by atoms with van der Waals surface area (Å²) in [6.45, 7) is 3.00. The lowest BCUT2D eigenvalue weighted by atomic mass is 9.97. The summed E-state index contributed by atoms with van der Waals surface area (Å²) >= 11 is 5.85. The number of aliphatic hydroxyl groups is 2. The first-order chi connectivity index (χ1) is 8.89. The second kappa shape index (κ2) is 6.18. The van der Waals surface area contributed by atoms with Crippen LogP contribution in [0.5, 0.6) is 0 Å². The lowest BCUT2D eigenvalue weighted by Crippen LogP contribution is -2.45. The maximum atomic E-state index is 10.8. The Balaban J connectivity index is 3.16. The van der Waals surface area contributed by atoms with Gasteiger partial charge in [0, 0.05) is 11.8 Å². The van der Waals surface area contributed by atoms with Crippen molar-refractivity contribution in [3.63, 3.8) is 0 Å². The molecule has 3 N–H and O–H groups in total. The molecule has 0 fully saturated rings. The first kappa shape index (κ1) is 15.7. The van der Waals surface area contributed by atoms with E-state index in [4.69, 9.17) is 11.6 Å². The number of benzene rings is 1. The maximum absolute atomic E-state index is 10.8. The smallest absolute Gasteiger partial charge is 0.288 e. The van der Waals surface area contributed by atoms with Gasteiger partial charge in [-0.2, -0.15) is 0 Å². The SMILES string of the molecule is CCC(CO)(CO)Nc1cc(Cl)c([N+](=O)[O-])cc1C. The Hall–Kier alpha value is -1.37. The number of nitrogens with one attached hydrogen (secondary N) is 1. The van der Waals surface area contributed by atoms with Gasteiger partial charge in [-0.3, -0.25) is 10.1 Å². The van der Waals surface area contributed by atoms with Gasteiger partial charge in [-0.1, -0.05) is 18.5 Å². The zero-order chi connectivity index (χ0) is 14.6. The number of nitro benzene ring substituents is 1. The third kappa shape index (κ3) is 3.34. The van der Waals surface area contributed by atoms with E-state index in [2.05, 4.69) is 5.32 Å². The van der Waals surface area contributed by atoms with Gasteiger partial charge in [-0.05, 0) is 25.0 Å². The molecule has 0 atom stereocenters. The van der Waals surface area contributed by atoms with Gasteiger partial charge in [-0.25, -0.2) is 0 Å². The highest BCUT2D eigenvalue weighted by atomic mass is 35.5. The van der Waals surface area contributed by atoms with Crippen molar-refractivity contribution in [3.8, 4) is 0 Å². The Morgan fingerprint density at radius 3 is 2.42 bits per heavy atom. The normalized spacial score (nSPS) is 11.4. The fraction of sp³-hybridized carbons (Fsp3) is 0.500. The van der Waals surface area contributed by atoms with Crippen molar-refractivity contribution in [1.82, 2.24) is 0 Å². The zero-order valence-electron chi connectivity index (χ0n) is 10.8. The molecule has 7 heteroatoms. The third-order valence-electron chi connectivity index (χ3n) is 3.17. The number of hydrogen-bond acceptors (Lipinski definition) is 5. The van der Waals surface area contributed by atoms with E-state index in [0.717, 1.165) is 0 Å². The van der Waals surface area contributed by atoms with Gasteiger partial charge in [0.2, 0.25) is 0 Å². The summed E-state index contributed by atoms with van der Waals surface area (Å²) in [4.78, 5) is 10.2. The van der Waals surface area contributed by atoms with Crippen LogP contribution in [-0.4, -0.2) is 33.9 Å². The number of aryl methyl sites for hydroxylation is 1. The number of halogens is 1. The fourth-order valence-corrected chi connectivity index (χ4v) is 1.90. The third-order valence-corrected chi connectivity index (χ3v) is 3.48. The van der Waals surface area contributed by atoms with Crippen molar-refractivity contribution in [3.05, 3.63) is 32.8 Å². The van der Waals surface area contributed by atoms with Crippen LogP contribution in [0.3, 0.4) is 0 Å². The minimum Gasteiger partial charge on any atom is -0.394 e. The van der Waals surface area contributed by atoms with Crippen molar-refractivity contribution in [2.75, 3.05) is 18.5 Å². The van der Waals surface area contributed by atoms with Crippen LogP contribution in [0.25, 0.3) is 0 Å². The number of nitro groups is 1. The number of nitrogens with zero attached hydrogens (tertiary/aromatic N) is 1. The van der Waals surface area contributed by atoms with Crippen molar-refractivity contribution in [1.29, 1.82) is 0 Å². The highest BCUT2D eigenvalue weighted by Crippen LogP contribution is 2.32. The van der Waals surface area contributed by atoms with E-state index in [9.17, 15) is 20.3 Å². The molecule has 0 bridgehead atoms. The van der Waals surface area contributed by atoms with Gasteiger partial charge < -0.3 is 15.5 Å². The monoisotopic (exact) mass is 288 g/mol. The lowest BCUT2D eigenvalue weighted by molar-refractivity contribution is -0.384. The Kier molecular flexibility index (Phi) is 5.11. The molecular weight excluding hydrogens is 272 g/mol. The molecular formula is C12H17ClN2O4. The highest BCUT2D eigenvalue weighted by molar-refractivity contribution is 6.33. The first-order valence-electron chi connectivity index (χ1n) is 5.83. The van der Waals surface area contributed by atoms with Gasteiger partial charge in [0.1, 0.15) is 5.02 Å². The van der Waals surface area contributed by atoms with Crippen LogP contribution >= 0.6 is 11.6 Å². The van der Waals surface area contributed by atoms with Crippen LogP contribution in [-0.2, 0) is 0 Å². The molecule has 0 radical (unpaired) electrons. The predicted octanol–water partition coefficient (Wildman–Crippen LogP) is 2.10. The molecule has 1 rings (SSSR count). The number of anilines is 1. The van der Waals surface area contributed by atoms with E-state index >= 15 is 0 Å². The Bertz CT molecular complexity index is 467. The molecule has 6 nitrogen and oxygen atoms in total. The minimum absolute atomic E-state index is 0.0129. The summed E-state index contributed by atoms with van der Waals surface area (Å²) < 4.78 is 0. The molecule has 0 aliphatic carbocycles. The van der Waals surface area contributed by atoms with Gasteiger partial charge >= 0.3 is 0 Å². The summed E-state index contributed by atoms with van der Waals surface area (Å²) in [5.41, 5.74) is 0.140. The standard InChI is InChI=1S/C12H17ClN2O4/c1-3-12(6-16,7-17)14-10-5-9(13)11(15(18)19)4-8(10)2/h4-5,14,16-17H,3,6-7H2,1-2H3. The van der Waals surface area contributed by atoms with Crippen LogP contribution in [0.1, 0.15) is 18.9 Å². The summed E-state index contributed by atoms with van der Waals surface area (Å²) in [5, 5.41) is 32.5. The maximum Gasteiger partial charge on any atom is 0.288 e. The lowest BCUT2D eigenvalue weighted by Gasteiger charge is -2.31. The van der Waals surface area contributed by atoms with Crippen molar-refractivity contribution < 1.29 is 15.1 Å². The average molecular weight is 289 g/mol. The number of rotatable bonds is 6. The predicted molar refractivity (Wildman–Crippen MR) is 73.7 cm³/mol. The summed E-state index contributed by atoms with van der Waals surface area (Å²) in [7, 11) is 0. The van der Waals surface area contributed by atoms with Crippen LogP contribution < -0.4 is 5.32 Å². The largest absolute Gasteiger partial charge is 0.394 e. The molecule has 0 spiro atoms. The molecule has 0 aliphatic rings. The molecule has 0 amide bonds. The Labute approximate surface area is 116 Å². The van der Waals surface area contributed by atoms with Crippen LogP contribution in [0.4, 0.5) is 11.4 Å². The van der Waals surface area contributed by atoms with E-state index in [1.54, 1.807) is 6.92 Å². The molecule has 1 aromatic carbocycles. The van der Waals surface area contributed by atoms with Crippen LogP contribution in [0.15, 0.2) is 12.1 Å². The molecule has 0 saturated heterocycles. The zero-order valence-corrected chi connectivity index (χ0v) is 11.6. The van der Waals surface area contributed by atoms with Gasteiger partial charge in [0.05, 0.1) is 23.7 Å². The minimum atomic E-state index is -0.871. The summed E-state index contributed by atoms with van der Waals surface area (Å²) in [6.07, 6.45) is 0.494. The Morgan fingerprint density at radius 1 is 1.42 bits per heavy atom. The van der Waals surface area contributed by atoms with Crippen molar-refractivity contribution >= 4 is 23.0 Å². The van der Waals surface area contributed by atoms with Crippen molar-refractivity contribution in [2.45, 2.75) is 25.8 Å². The number of hydrogen-bond donors (Lipinski definition) is 3. The first-order valence-corrected chi connectivity index (χ1v) is 6.21. The molecule has 0 heterocycles. The highest BCUT2D eigenvalue weighted by Gasteiger charge is 2.27. The topological polar surface area (TPSA) is 95.6 Å². The van der Waals surface area contributed by atoms with Gasteiger partial charge in [0.15, 0.2) is 0 Å². The average Bonchev–Trinajstić information content (AvgIpc) is 2.39. The Morgan fingerprint density at radius 2 is 2.00 bits per heavy atom. The molecule has 0 aromatic heterocycles. The second-order valence-corrected chi connectivity index (χ2v) is 4.86. The summed E-state index contributed by atoms with van der Waals surface area (Å²) in [5.74, 6) is 0. The number of aliphatic hydroxyl groups excluding tert-OH is 2. The van der Waals surface area contributed by atoms with Crippen LogP contribution in [0, 0.1) is 17.0 Å². The van der Waals surface area contributed by atoms with Crippen molar-refractivity contribution in [2.24, 2.45) is 0 Å². The van der Waals surface area contributed by atoms with E-state index in [1.165, 1.54) is 12.1 Å². The van der Waals surface area contributed by atoms with E-state index in [1.807, 2.05) is 6.92 Å². The molecule has 19 heavy (non-hydrogen) atoms. The van der Waals surface area contributed by atoms with Gasteiger partial charge in [-0.15, -0.1) is 0 Å².